The van der Waals surface area contributed by atoms with Crippen molar-refractivity contribution in [3.63, 3.8) is 0 Å². The van der Waals surface area contributed by atoms with Gasteiger partial charge in [0.05, 0.1) is 23.9 Å². The lowest BCUT2D eigenvalue weighted by atomic mass is 10.1. The Hall–Kier alpha value is -1.53. The fourth-order valence-corrected chi connectivity index (χ4v) is 2.10. The molecule has 0 radical (unpaired) electrons. The van der Waals surface area contributed by atoms with Crippen LogP contribution in [0.4, 0.5) is 0 Å². The zero-order valence-corrected chi connectivity index (χ0v) is 9.99. The Morgan fingerprint density at radius 3 is 2.88 bits per heavy atom. The molecule has 0 saturated carbocycles. The minimum atomic E-state index is 0.291. The Labute approximate surface area is 99.3 Å². The van der Waals surface area contributed by atoms with E-state index >= 15 is 0 Å². The van der Waals surface area contributed by atoms with Crippen molar-refractivity contribution < 1.29 is 0 Å². The first kappa shape index (κ1) is 11.0. The molecule has 3 nitrogen and oxygen atoms in total. The smallest absolute Gasteiger partial charge is 0.138 e. The molecule has 4 heteroatoms. The predicted octanol–water partition coefficient (Wildman–Crippen LogP) is 3.18. The number of hydrogen-bond donors (Lipinski definition) is 0. The van der Waals surface area contributed by atoms with E-state index in [1.54, 1.807) is 6.07 Å². The van der Waals surface area contributed by atoms with Crippen LogP contribution in [0, 0.1) is 11.3 Å². The Kier molecular flexibility index (Phi) is 2.84. The van der Waals surface area contributed by atoms with Crippen LogP contribution in [0.2, 0.25) is 5.15 Å². The van der Waals surface area contributed by atoms with Gasteiger partial charge in [-0.25, -0.2) is 4.98 Å². The van der Waals surface area contributed by atoms with Crippen molar-refractivity contribution in [3.05, 3.63) is 34.7 Å². The van der Waals surface area contributed by atoms with Crippen LogP contribution >= 0.6 is 11.6 Å². The minimum Gasteiger partial charge on any atom is -0.286 e. The third-order valence-electron chi connectivity index (χ3n) is 2.52. The van der Waals surface area contributed by atoms with Crippen molar-refractivity contribution in [1.29, 1.82) is 5.26 Å². The van der Waals surface area contributed by atoms with Crippen LogP contribution < -0.4 is 0 Å². The highest BCUT2D eigenvalue weighted by molar-refractivity contribution is 6.29. The number of nitrogens with zero attached hydrogens (tertiary/aromatic N) is 3. The quantitative estimate of drug-likeness (QED) is 0.748. The third-order valence-corrected chi connectivity index (χ3v) is 2.81. The Morgan fingerprint density at radius 1 is 1.50 bits per heavy atom. The van der Waals surface area contributed by atoms with Gasteiger partial charge in [0, 0.05) is 0 Å². The van der Waals surface area contributed by atoms with Crippen LogP contribution in [0.25, 0.3) is 5.65 Å². The summed E-state index contributed by atoms with van der Waals surface area (Å²) in [4.78, 5) is 4.52. The van der Waals surface area contributed by atoms with Crippen molar-refractivity contribution in [2.75, 3.05) is 0 Å². The standard InChI is InChI=1S/C12H12ClN3/c1-8(2)12-9(6-7-14)16-10(13)4-3-5-11(16)15-12/h3-5,8H,6H2,1-2H3. The average Bonchev–Trinajstić information content (AvgIpc) is 2.59. The first-order valence-corrected chi connectivity index (χ1v) is 5.55. The molecular formula is C12H12ClN3. The van der Waals surface area contributed by atoms with E-state index in [-0.39, 0.29) is 0 Å². The average molecular weight is 234 g/mol. The minimum absolute atomic E-state index is 0.291. The Morgan fingerprint density at radius 2 is 2.25 bits per heavy atom. The lowest BCUT2D eigenvalue weighted by Crippen LogP contribution is -1.98. The first-order valence-electron chi connectivity index (χ1n) is 5.18. The van der Waals surface area contributed by atoms with E-state index in [1.807, 2.05) is 16.5 Å². The second kappa shape index (κ2) is 4.15. The molecule has 0 unspecified atom stereocenters. The Bertz CT molecular complexity index is 563. The maximum absolute atomic E-state index is 8.86. The van der Waals surface area contributed by atoms with Crippen molar-refractivity contribution >= 4 is 17.2 Å². The fraction of sp³-hybridized carbons (Fsp3) is 0.333. The number of pyridine rings is 1. The van der Waals surface area contributed by atoms with Gasteiger partial charge in [-0.3, -0.25) is 4.40 Å². The molecule has 0 N–H and O–H groups in total. The van der Waals surface area contributed by atoms with E-state index in [9.17, 15) is 0 Å². The first-order chi connectivity index (χ1) is 7.65. The monoisotopic (exact) mass is 233 g/mol. The van der Waals surface area contributed by atoms with Crippen molar-refractivity contribution in [2.24, 2.45) is 0 Å². The van der Waals surface area contributed by atoms with Gasteiger partial charge >= 0.3 is 0 Å². The lowest BCUT2D eigenvalue weighted by molar-refractivity contribution is 0.814. The summed E-state index contributed by atoms with van der Waals surface area (Å²) < 4.78 is 1.85. The van der Waals surface area contributed by atoms with E-state index in [4.69, 9.17) is 16.9 Å². The van der Waals surface area contributed by atoms with Gasteiger partial charge in [-0.2, -0.15) is 5.26 Å². The van der Waals surface area contributed by atoms with Gasteiger partial charge in [0.25, 0.3) is 0 Å². The van der Waals surface area contributed by atoms with E-state index in [2.05, 4.69) is 24.9 Å². The highest BCUT2D eigenvalue weighted by atomic mass is 35.5. The van der Waals surface area contributed by atoms with Gasteiger partial charge in [-0.05, 0) is 18.1 Å². The lowest BCUT2D eigenvalue weighted by Gasteiger charge is -2.04. The fourth-order valence-electron chi connectivity index (χ4n) is 1.84. The van der Waals surface area contributed by atoms with Crippen LogP contribution in [0.3, 0.4) is 0 Å². The summed E-state index contributed by atoms with van der Waals surface area (Å²) in [6.45, 7) is 4.13. The molecule has 82 valence electrons. The zero-order chi connectivity index (χ0) is 11.7. The summed E-state index contributed by atoms with van der Waals surface area (Å²) in [5.74, 6) is 0.291. The third kappa shape index (κ3) is 1.66. The molecule has 0 atom stereocenters. The molecule has 2 aromatic heterocycles. The highest BCUT2D eigenvalue weighted by Crippen LogP contribution is 2.24. The molecule has 0 aromatic carbocycles. The van der Waals surface area contributed by atoms with Gasteiger partial charge in [-0.1, -0.05) is 31.5 Å². The van der Waals surface area contributed by atoms with E-state index in [0.717, 1.165) is 17.0 Å². The van der Waals surface area contributed by atoms with Gasteiger partial charge < -0.3 is 0 Å². The molecule has 0 bridgehead atoms. The number of rotatable bonds is 2. The molecule has 0 aliphatic carbocycles. The van der Waals surface area contributed by atoms with Gasteiger partial charge in [-0.15, -0.1) is 0 Å². The normalized spacial score (nSPS) is 10.9. The van der Waals surface area contributed by atoms with E-state index in [0.29, 0.717) is 17.5 Å². The van der Waals surface area contributed by atoms with Crippen LogP contribution in [0.1, 0.15) is 31.2 Å². The van der Waals surface area contributed by atoms with Gasteiger partial charge in [0.15, 0.2) is 0 Å². The van der Waals surface area contributed by atoms with Crippen molar-refractivity contribution in [1.82, 2.24) is 9.38 Å². The summed E-state index contributed by atoms with van der Waals surface area (Å²) in [6.07, 6.45) is 0.332. The molecule has 16 heavy (non-hydrogen) atoms. The number of nitriles is 1. The molecule has 2 rings (SSSR count). The number of hydrogen-bond acceptors (Lipinski definition) is 2. The number of fused-ring (bicyclic) bond motifs is 1. The maximum Gasteiger partial charge on any atom is 0.138 e. The molecule has 0 aliphatic rings. The molecule has 2 heterocycles. The summed E-state index contributed by atoms with van der Waals surface area (Å²) in [6, 6.07) is 7.74. The van der Waals surface area contributed by atoms with E-state index < -0.39 is 0 Å². The molecule has 0 amide bonds. The molecule has 0 saturated heterocycles. The van der Waals surface area contributed by atoms with Crippen molar-refractivity contribution in [3.8, 4) is 6.07 Å². The molecular weight excluding hydrogens is 222 g/mol. The Balaban J connectivity index is 2.78. The van der Waals surface area contributed by atoms with Crippen LogP contribution in [0.5, 0.6) is 0 Å². The van der Waals surface area contributed by atoms with Gasteiger partial charge in [0.1, 0.15) is 10.8 Å². The van der Waals surface area contributed by atoms with E-state index in [1.165, 1.54) is 0 Å². The van der Waals surface area contributed by atoms with Gasteiger partial charge in [0.2, 0.25) is 0 Å². The molecule has 0 spiro atoms. The van der Waals surface area contributed by atoms with Crippen LogP contribution in [-0.4, -0.2) is 9.38 Å². The molecule has 0 aliphatic heterocycles. The second-order valence-electron chi connectivity index (χ2n) is 3.98. The number of halogens is 1. The van der Waals surface area contributed by atoms with Crippen LogP contribution in [0.15, 0.2) is 18.2 Å². The number of aromatic nitrogens is 2. The molecule has 2 aromatic rings. The van der Waals surface area contributed by atoms with Crippen molar-refractivity contribution in [2.45, 2.75) is 26.2 Å². The SMILES string of the molecule is CC(C)c1nc2cccc(Cl)n2c1CC#N. The second-order valence-corrected chi connectivity index (χ2v) is 4.36. The largest absolute Gasteiger partial charge is 0.286 e. The summed E-state index contributed by atoms with van der Waals surface area (Å²) >= 11 is 6.13. The topological polar surface area (TPSA) is 41.1 Å². The number of imidazole rings is 1. The summed E-state index contributed by atoms with van der Waals surface area (Å²) in [5, 5.41) is 9.46. The zero-order valence-electron chi connectivity index (χ0n) is 9.24. The predicted molar refractivity (Wildman–Crippen MR) is 63.6 cm³/mol. The summed E-state index contributed by atoms with van der Waals surface area (Å²) in [5.41, 5.74) is 2.66. The highest BCUT2D eigenvalue weighted by Gasteiger charge is 2.15. The van der Waals surface area contributed by atoms with Crippen LogP contribution in [-0.2, 0) is 6.42 Å². The molecule has 0 fully saturated rings. The maximum atomic E-state index is 8.86. The summed E-state index contributed by atoms with van der Waals surface area (Å²) in [7, 11) is 0.